The Morgan fingerprint density at radius 1 is 1.55 bits per heavy atom. The summed E-state index contributed by atoms with van der Waals surface area (Å²) in [4.78, 5) is 33.2. The molecule has 0 aromatic carbocycles. The van der Waals surface area contributed by atoms with E-state index in [-0.39, 0.29) is 17.9 Å². The second kappa shape index (κ2) is 6.85. The van der Waals surface area contributed by atoms with E-state index in [0.717, 1.165) is 12.8 Å². The Bertz CT molecular complexity index is 546. The summed E-state index contributed by atoms with van der Waals surface area (Å²) in [5.41, 5.74) is 0.474. The van der Waals surface area contributed by atoms with Crippen LogP contribution in [0.4, 0.5) is 4.79 Å². The van der Waals surface area contributed by atoms with Crippen molar-refractivity contribution < 1.29 is 14.3 Å². The van der Waals surface area contributed by atoms with Gasteiger partial charge in [0.1, 0.15) is 19.7 Å². The molecule has 2 N–H and O–H groups in total. The third kappa shape index (κ3) is 3.43. The number of hydrogen-bond donors (Lipinski definition) is 2. The minimum atomic E-state index is -0.625. The summed E-state index contributed by atoms with van der Waals surface area (Å²) < 4.78 is 4.60. The topological polar surface area (TPSA) is 87.3 Å². The number of methoxy groups -OCH3 is 1. The van der Waals surface area contributed by atoms with E-state index in [2.05, 4.69) is 20.0 Å². The second-order valence-corrected chi connectivity index (χ2v) is 5.77. The van der Waals surface area contributed by atoms with Crippen molar-refractivity contribution in [3.05, 3.63) is 12.0 Å². The van der Waals surface area contributed by atoms with Crippen molar-refractivity contribution in [2.75, 3.05) is 13.7 Å². The summed E-state index contributed by atoms with van der Waals surface area (Å²) in [5.74, 6) is 0.510. The van der Waals surface area contributed by atoms with Crippen LogP contribution in [0.2, 0.25) is 0 Å². The Balaban J connectivity index is 2.16. The number of ether oxygens (including phenoxy) is 1. The fraction of sp³-hybridized carbons (Fsp3) is 0.643. The quantitative estimate of drug-likeness (QED) is 0.781. The zero-order valence-corrected chi connectivity index (χ0v) is 13.1. The number of hydrogen-bond acceptors (Lipinski definition) is 4. The van der Waals surface area contributed by atoms with E-state index in [0.29, 0.717) is 18.0 Å². The first-order valence-electron chi connectivity index (χ1n) is 7.39. The first-order valence-corrected chi connectivity index (χ1v) is 7.39. The van der Waals surface area contributed by atoms with E-state index in [1.54, 1.807) is 11.1 Å². The highest BCUT2D eigenvalue weighted by atomic mass is 16.5. The monoisotopic (exact) mass is 304 g/mol. The highest BCUT2D eigenvalue weighted by Crippen LogP contribution is 2.30. The van der Waals surface area contributed by atoms with E-state index in [9.17, 15) is 9.59 Å². The molecule has 0 spiro atoms. The summed E-state index contributed by atoms with van der Waals surface area (Å²) >= 11 is 0. The molecule has 118 valence electrons. The van der Waals surface area contributed by atoms with E-state index in [4.69, 9.17) is 7.85 Å². The van der Waals surface area contributed by atoms with Crippen molar-refractivity contribution in [1.29, 1.82) is 0 Å². The molecular weight excluding hydrogens is 283 g/mol. The van der Waals surface area contributed by atoms with E-state index in [1.165, 1.54) is 7.11 Å². The minimum Gasteiger partial charge on any atom is -0.453 e. The molecule has 7 nitrogen and oxygen atoms in total. The SMILES string of the molecule is [B]c1cnc([C@@H]2CCCN2C(=O)[C@@H](NC(=O)OC)C(C)C)[nH]1. The van der Waals surface area contributed by atoms with Crippen LogP contribution in [0.15, 0.2) is 6.20 Å². The van der Waals surface area contributed by atoms with Gasteiger partial charge in [-0.15, -0.1) is 0 Å². The van der Waals surface area contributed by atoms with Gasteiger partial charge in [-0.3, -0.25) is 4.79 Å². The summed E-state index contributed by atoms with van der Waals surface area (Å²) in [6.45, 7) is 4.40. The lowest BCUT2D eigenvalue weighted by Gasteiger charge is -2.30. The van der Waals surface area contributed by atoms with Crippen LogP contribution in [-0.2, 0) is 9.53 Å². The summed E-state index contributed by atoms with van der Waals surface area (Å²) in [6.07, 6.45) is 2.65. The molecule has 0 saturated carbocycles. The van der Waals surface area contributed by atoms with Crippen LogP contribution in [-0.4, -0.2) is 54.4 Å². The van der Waals surface area contributed by atoms with Crippen molar-refractivity contribution in [2.45, 2.75) is 38.8 Å². The Kier molecular flexibility index (Phi) is 5.10. The fourth-order valence-electron chi connectivity index (χ4n) is 2.71. The van der Waals surface area contributed by atoms with E-state index in [1.807, 2.05) is 13.8 Å². The van der Waals surface area contributed by atoms with Gasteiger partial charge in [0.2, 0.25) is 5.91 Å². The highest BCUT2D eigenvalue weighted by molar-refractivity contribution is 6.30. The Hall–Kier alpha value is -1.99. The van der Waals surface area contributed by atoms with Crippen molar-refractivity contribution in [3.8, 4) is 0 Å². The van der Waals surface area contributed by atoms with Gasteiger partial charge in [-0.25, -0.2) is 9.78 Å². The number of H-pyrrole nitrogens is 1. The molecule has 2 amide bonds. The Labute approximate surface area is 131 Å². The maximum absolute atomic E-state index is 12.8. The number of rotatable bonds is 4. The van der Waals surface area contributed by atoms with Gasteiger partial charge in [0.25, 0.3) is 0 Å². The largest absolute Gasteiger partial charge is 0.453 e. The lowest BCUT2D eigenvalue weighted by Crippen LogP contribution is -2.51. The first kappa shape index (κ1) is 16.4. The van der Waals surface area contributed by atoms with Gasteiger partial charge in [0.15, 0.2) is 0 Å². The van der Waals surface area contributed by atoms with Gasteiger partial charge >= 0.3 is 6.09 Å². The Morgan fingerprint density at radius 3 is 2.82 bits per heavy atom. The van der Waals surface area contributed by atoms with Crippen molar-refractivity contribution in [2.24, 2.45) is 5.92 Å². The maximum atomic E-state index is 12.8. The number of aromatic nitrogens is 2. The van der Waals surface area contributed by atoms with Gasteiger partial charge in [-0.05, 0) is 24.4 Å². The molecule has 2 radical (unpaired) electrons. The number of amides is 2. The predicted molar refractivity (Wildman–Crippen MR) is 81.8 cm³/mol. The van der Waals surface area contributed by atoms with Crippen LogP contribution in [0.5, 0.6) is 0 Å². The number of aromatic amines is 1. The summed E-state index contributed by atoms with van der Waals surface area (Å²) in [6, 6.07) is -0.758. The fourth-order valence-corrected chi connectivity index (χ4v) is 2.71. The van der Waals surface area contributed by atoms with Crippen LogP contribution in [0, 0.1) is 5.92 Å². The van der Waals surface area contributed by atoms with Gasteiger partial charge in [0, 0.05) is 12.7 Å². The molecule has 1 aromatic heterocycles. The van der Waals surface area contributed by atoms with Crippen LogP contribution in [0.3, 0.4) is 0 Å². The molecule has 0 bridgehead atoms. The molecule has 0 aliphatic carbocycles. The number of imidazole rings is 1. The zero-order chi connectivity index (χ0) is 16.3. The third-order valence-corrected chi connectivity index (χ3v) is 3.86. The second-order valence-electron chi connectivity index (χ2n) is 5.77. The van der Waals surface area contributed by atoms with E-state index >= 15 is 0 Å². The van der Waals surface area contributed by atoms with Gasteiger partial charge in [-0.2, -0.15) is 0 Å². The molecule has 2 rings (SSSR count). The summed E-state index contributed by atoms with van der Waals surface area (Å²) in [7, 11) is 6.94. The van der Waals surface area contributed by atoms with E-state index < -0.39 is 12.1 Å². The highest BCUT2D eigenvalue weighted by Gasteiger charge is 2.37. The molecule has 1 aliphatic heterocycles. The average molecular weight is 304 g/mol. The molecule has 0 unspecified atom stereocenters. The van der Waals surface area contributed by atoms with Crippen molar-refractivity contribution in [1.82, 2.24) is 20.2 Å². The molecule has 1 aliphatic rings. The normalized spacial score (nSPS) is 19.3. The number of nitrogens with zero attached hydrogens (tertiary/aromatic N) is 2. The smallest absolute Gasteiger partial charge is 0.407 e. The molecule has 2 heterocycles. The number of likely N-dealkylation sites (tertiary alicyclic amines) is 1. The van der Waals surface area contributed by atoms with Gasteiger partial charge in [-0.1, -0.05) is 13.8 Å². The van der Waals surface area contributed by atoms with Crippen molar-refractivity contribution in [3.63, 3.8) is 0 Å². The number of nitrogens with one attached hydrogen (secondary N) is 2. The lowest BCUT2D eigenvalue weighted by molar-refractivity contribution is -0.135. The van der Waals surface area contributed by atoms with Crippen LogP contribution < -0.4 is 10.9 Å². The average Bonchev–Trinajstić information content (AvgIpc) is 3.11. The van der Waals surface area contributed by atoms with Crippen LogP contribution >= 0.6 is 0 Å². The number of alkyl carbamates (subject to hydrolysis) is 1. The standard InChI is InChI=1S/C14H21BN4O3/c1-8(2)11(18-14(21)22-3)13(20)19-6-4-5-9(19)12-16-7-10(15)17-12/h7-9,11H,4-6H2,1-3H3,(H,16,17)(H,18,21)/t9-,11-/m0/s1. The van der Waals surface area contributed by atoms with Crippen LogP contribution in [0.25, 0.3) is 0 Å². The molecule has 1 saturated heterocycles. The third-order valence-electron chi connectivity index (χ3n) is 3.86. The van der Waals surface area contributed by atoms with Crippen LogP contribution in [0.1, 0.15) is 38.6 Å². The molecule has 8 heteroatoms. The first-order chi connectivity index (χ1) is 10.4. The zero-order valence-electron chi connectivity index (χ0n) is 13.1. The molecule has 1 fully saturated rings. The van der Waals surface area contributed by atoms with Gasteiger partial charge < -0.3 is 19.9 Å². The van der Waals surface area contributed by atoms with Crippen molar-refractivity contribution >= 4 is 25.4 Å². The molecule has 2 atom stereocenters. The Morgan fingerprint density at radius 2 is 2.27 bits per heavy atom. The lowest BCUT2D eigenvalue weighted by atomic mass is 10.0. The maximum Gasteiger partial charge on any atom is 0.407 e. The molecule has 22 heavy (non-hydrogen) atoms. The minimum absolute atomic E-state index is 0.0467. The predicted octanol–water partition coefficient (Wildman–Crippen LogP) is 0.248. The summed E-state index contributed by atoms with van der Waals surface area (Å²) in [5, 5.41) is 2.61. The van der Waals surface area contributed by atoms with Gasteiger partial charge in [0.05, 0.1) is 13.2 Å². The number of carbonyl (C=O) groups excluding carboxylic acids is 2. The molecule has 1 aromatic rings. The number of carbonyl (C=O) groups is 2. The molecular formula is C14H21BN4O3.